The van der Waals surface area contributed by atoms with Crippen LogP contribution in [0.25, 0.3) is 6.08 Å². The largest absolute Gasteiger partial charge is 0.433 e. The van der Waals surface area contributed by atoms with Crippen molar-refractivity contribution < 1.29 is 9.53 Å². The molecule has 1 atom stereocenters. The zero-order valence-electron chi connectivity index (χ0n) is 10.2. The SMILES string of the molecule is O=C(OC=Cc1ccccc1)[C@@H](Br)c1ccccc1. The van der Waals surface area contributed by atoms with E-state index in [1.807, 2.05) is 60.7 Å². The zero-order valence-corrected chi connectivity index (χ0v) is 11.8. The van der Waals surface area contributed by atoms with Gasteiger partial charge in [-0.05, 0) is 17.2 Å². The van der Waals surface area contributed by atoms with Gasteiger partial charge in [-0.15, -0.1) is 0 Å². The molecule has 19 heavy (non-hydrogen) atoms. The third kappa shape index (κ3) is 4.07. The van der Waals surface area contributed by atoms with Crippen LogP contribution in [0.15, 0.2) is 66.9 Å². The third-order valence-electron chi connectivity index (χ3n) is 2.54. The maximum Gasteiger partial charge on any atom is 0.329 e. The van der Waals surface area contributed by atoms with Crippen molar-refractivity contribution in [2.45, 2.75) is 4.83 Å². The van der Waals surface area contributed by atoms with Crippen LogP contribution in [-0.2, 0) is 9.53 Å². The highest BCUT2D eigenvalue weighted by atomic mass is 79.9. The molecule has 2 rings (SSSR count). The topological polar surface area (TPSA) is 26.3 Å². The second-order valence-electron chi connectivity index (χ2n) is 3.92. The molecule has 0 saturated carbocycles. The van der Waals surface area contributed by atoms with E-state index in [2.05, 4.69) is 15.9 Å². The molecule has 0 radical (unpaired) electrons. The summed E-state index contributed by atoms with van der Waals surface area (Å²) < 4.78 is 5.10. The van der Waals surface area contributed by atoms with Gasteiger partial charge in [-0.25, -0.2) is 0 Å². The Labute approximate surface area is 120 Å². The number of hydrogen-bond acceptors (Lipinski definition) is 2. The molecule has 2 nitrogen and oxygen atoms in total. The van der Waals surface area contributed by atoms with Crippen molar-refractivity contribution in [3.63, 3.8) is 0 Å². The fourth-order valence-electron chi connectivity index (χ4n) is 1.56. The van der Waals surface area contributed by atoms with Crippen LogP contribution >= 0.6 is 15.9 Å². The standard InChI is InChI=1S/C16H13BrO2/c17-15(14-9-5-2-6-10-14)16(18)19-12-11-13-7-3-1-4-8-13/h1-12,15H/t15-/m0/s1. The fraction of sp³-hybridized carbons (Fsp3) is 0.0625. The van der Waals surface area contributed by atoms with Crippen molar-refractivity contribution in [3.8, 4) is 0 Å². The molecule has 0 spiro atoms. The van der Waals surface area contributed by atoms with E-state index in [1.54, 1.807) is 6.08 Å². The van der Waals surface area contributed by atoms with E-state index < -0.39 is 4.83 Å². The molecule has 3 heteroatoms. The van der Waals surface area contributed by atoms with Crippen molar-refractivity contribution in [3.05, 3.63) is 78.1 Å². The maximum atomic E-state index is 11.8. The highest BCUT2D eigenvalue weighted by Gasteiger charge is 2.17. The molecular formula is C16H13BrO2. The van der Waals surface area contributed by atoms with Gasteiger partial charge in [0.25, 0.3) is 0 Å². The molecular weight excluding hydrogens is 304 g/mol. The van der Waals surface area contributed by atoms with Gasteiger partial charge in [0.2, 0.25) is 0 Å². The average molecular weight is 317 g/mol. The minimum atomic E-state index is -0.450. The number of benzene rings is 2. The molecule has 2 aromatic carbocycles. The highest BCUT2D eigenvalue weighted by Crippen LogP contribution is 2.23. The van der Waals surface area contributed by atoms with E-state index in [9.17, 15) is 4.79 Å². The first kappa shape index (κ1) is 13.6. The average Bonchev–Trinajstić information content (AvgIpc) is 2.48. The van der Waals surface area contributed by atoms with Crippen LogP contribution in [0.1, 0.15) is 16.0 Å². The molecule has 0 fully saturated rings. The Kier molecular flexibility index (Phi) is 4.93. The van der Waals surface area contributed by atoms with Gasteiger partial charge in [0.05, 0.1) is 6.26 Å². The molecule has 0 amide bonds. The van der Waals surface area contributed by atoms with E-state index in [1.165, 1.54) is 6.26 Å². The molecule has 0 N–H and O–H groups in total. The second-order valence-corrected chi connectivity index (χ2v) is 4.84. The first-order chi connectivity index (χ1) is 9.27. The molecule has 0 bridgehead atoms. The van der Waals surface area contributed by atoms with Crippen LogP contribution in [0, 0.1) is 0 Å². The van der Waals surface area contributed by atoms with E-state index in [0.717, 1.165) is 11.1 Å². The summed E-state index contributed by atoms with van der Waals surface area (Å²) in [5.41, 5.74) is 1.86. The zero-order chi connectivity index (χ0) is 13.5. The van der Waals surface area contributed by atoms with E-state index in [0.29, 0.717) is 0 Å². The number of carbonyl (C=O) groups is 1. The Balaban J connectivity index is 1.93. The second kappa shape index (κ2) is 6.90. The molecule has 0 saturated heterocycles. The van der Waals surface area contributed by atoms with Crippen molar-refractivity contribution in [1.82, 2.24) is 0 Å². The van der Waals surface area contributed by atoms with Crippen LogP contribution in [-0.4, -0.2) is 5.97 Å². The van der Waals surface area contributed by atoms with Crippen LogP contribution < -0.4 is 0 Å². The van der Waals surface area contributed by atoms with Gasteiger partial charge in [0.15, 0.2) is 0 Å². The Morgan fingerprint density at radius 2 is 1.58 bits per heavy atom. The smallest absolute Gasteiger partial charge is 0.329 e. The Bertz CT molecular complexity index is 549. The van der Waals surface area contributed by atoms with Gasteiger partial charge in [-0.3, -0.25) is 4.79 Å². The number of hydrogen-bond donors (Lipinski definition) is 0. The Hall–Kier alpha value is -1.87. The molecule has 96 valence electrons. The van der Waals surface area contributed by atoms with Gasteiger partial charge < -0.3 is 4.74 Å². The monoisotopic (exact) mass is 316 g/mol. The van der Waals surface area contributed by atoms with Gasteiger partial charge in [0, 0.05) is 0 Å². The summed E-state index contributed by atoms with van der Waals surface area (Å²) in [5, 5.41) is 0. The van der Waals surface area contributed by atoms with Crippen molar-refractivity contribution >= 4 is 28.0 Å². The fourth-order valence-corrected chi connectivity index (χ4v) is 1.97. The summed E-state index contributed by atoms with van der Waals surface area (Å²) in [5.74, 6) is -0.335. The van der Waals surface area contributed by atoms with Crippen molar-refractivity contribution in [2.24, 2.45) is 0 Å². The van der Waals surface area contributed by atoms with E-state index >= 15 is 0 Å². The number of alkyl halides is 1. The summed E-state index contributed by atoms with van der Waals surface area (Å²) in [4.78, 5) is 11.4. The lowest BCUT2D eigenvalue weighted by Gasteiger charge is -2.07. The summed E-state index contributed by atoms with van der Waals surface area (Å²) in [7, 11) is 0. The molecule has 0 aliphatic carbocycles. The predicted molar refractivity (Wildman–Crippen MR) is 79.7 cm³/mol. The molecule has 0 aromatic heterocycles. The number of ether oxygens (including phenoxy) is 1. The molecule has 2 aromatic rings. The lowest BCUT2D eigenvalue weighted by molar-refractivity contribution is -0.137. The Morgan fingerprint density at radius 1 is 1.00 bits per heavy atom. The van der Waals surface area contributed by atoms with Gasteiger partial charge in [-0.2, -0.15) is 0 Å². The molecule has 0 aliphatic heterocycles. The molecule has 0 aliphatic rings. The normalized spacial score (nSPS) is 12.3. The first-order valence-electron chi connectivity index (χ1n) is 5.88. The highest BCUT2D eigenvalue weighted by molar-refractivity contribution is 9.09. The Morgan fingerprint density at radius 3 is 2.21 bits per heavy atom. The van der Waals surface area contributed by atoms with Gasteiger partial charge in [0.1, 0.15) is 4.83 Å². The van der Waals surface area contributed by atoms with E-state index in [-0.39, 0.29) is 5.97 Å². The van der Waals surface area contributed by atoms with E-state index in [4.69, 9.17) is 4.74 Å². The van der Waals surface area contributed by atoms with Crippen LogP contribution in [0.3, 0.4) is 0 Å². The molecule has 0 unspecified atom stereocenters. The minimum Gasteiger partial charge on any atom is -0.433 e. The lowest BCUT2D eigenvalue weighted by atomic mass is 10.1. The summed E-state index contributed by atoms with van der Waals surface area (Å²) in [6.07, 6.45) is 3.16. The number of carbonyl (C=O) groups excluding carboxylic acids is 1. The van der Waals surface area contributed by atoms with Gasteiger partial charge >= 0.3 is 5.97 Å². The van der Waals surface area contributed by atoms with Crippen molar-refractivity contribution in [1.29, 1.82) is 0 Å². The molecule has 0 heterocycles. The van der Waals surface area contributed by atoms with Crippen LogP contribution in [0.5, 0.6) is 0 Å². The van der Waals surface area contributed by atoms with Gasteiger partial charge in [-0.1, -0.05) is 76.6 Å². The summed E-state index contributed by atoms with van der Waals surface area (Å²) in [6, 6.07) is 19.1. The minimum absolute atomic E-state index is 0.335. The number of halogens is 1. The summed E-state index contributed by atoms with van der Waals surface area (Å²) >= 11 is 3.33. The number of rotatable bonds is 4. The maximum absolute atomic E-state index is 11.8. The number of esters is 1. The predicted octanol–water partition coefficient (Wildman–Crippen LogP) is 4.34. The van der Waals surface area contributed by atoms with Crippen molar-refractivity contribution in [2.75, 3.05) is 0 Å². The lowest BCUT2D eigenvalue weighted by Crippen LogP contribution is -2.07. The quantitative estimate of drug-likeness (QED) is 0.476. The first-order valence-corrected chi connectivity index (χ1v) is 6.80. The van der Waals surface area contributed by atoms with Crippen LogP contribution in [0.2, 0.25) is 0 Å². The summed E-state index contributed by atoms with van der Waals surface area (Å²) in [6.45, 7) is 0. The third-order valence-corrected chi connectivity index (χ3v) is 3.45. The van der Waals surface area contributed by atoms with Crippen LogP contribution in [0.4, 0.5) is 0 Å².